The number of aromatic nitrogens is 2. The van der Waals surface area contributed by atoms with Crippen LogP contribution in [0.3, 0.4) is 0 Å². The largest absolute Gasteiger partial charge is 0.477 e. The first kappa shape index (κ1) is 10.8. The lowest BCUT2D eigenvalue weighted by Gasteiger charge is -1.97. The lowest BCUT2D eigenvalue weighted by atomic mass is 10.2. The molecular weight excluding hydrogens is 218 g/mol. The normalized spacial score (nSPS) is 11.1. The predicted molar refractivity (Wildman–Crippen MR) is 60.8 cm³/mol. The van der Waals surface area contributed by atoms with Gasteiger partial charge < -0.3 is 5.11 Å². The molecule has 0 aliphatic carbocycles. The van der Waals surface area contributed by atoms with Gasteiger partial charge in [0.05, 0.1) is 22.9 Å². The van der Waals surface area contributed by atoms with Crippen LogP contribution in [0.1, 0.15) is 5.69 Å². The van der Waals surface area contributed by atoms with E-state index in [1.54, 1.807) is 18.2 Å². The summed E-state index contributed by atoms with van der Waals surface area (Å²) in [5.74, 6) is -1.28. The fraction of sp³-hybridized carbons (Fsp3) is 0. The predicted octanol–water partition coefficient (Wildman–Crippen LogP) is 1.62. The third-order valence-corrected chi connectivity index (χ3v) is 2.11. The Morgan fingerprint density at radius 2 is 2.06 bits per heavy atom. The van der Waals surface area contributed by atoms with Crippen LogP contribution >= 0.6 is 0 Å². The molecule has 0 spiro atoms. The zero-order chi connectivity index (χ0) is 12.3. The summed E-state index contributed by atoms with van der Waals surface area (Å²) in [6, 6.07) is 8.82. The molecule has 0 unspecified atom stereocenters. The van der Waals surface area contributed by atoms with E-state index in [-0.39, 0.29) is 5.57 Å². The zero-order valence-electron chi connectivity index (χ0n) is 8.66. The lowest BCUT2D eigenvalue weighted by molar-refractivity contribution is -0.132. The number of hydrogen-bond donors (Lipinski definition) is 1. The van der Waals surface area contributed by atoms with Gasteiger partial charge in [-0.05, 0) is 18.2 Å². The average molecular weight is 225 g/mol. The van der Waals surface area contributed by atoms with Gasteiger partial charge in [0.15, 0.2) is 0 Å². The van der Waals surface area contributed by atoms with E-state index in [9.17, 15) is 4.79 Å². The summed E-state index contributed by atoms with van der Waals surface area (Å²) in [5.41, 5.74) is 1.36. The van der Waals surface area contributed by atoms with Gasteiger partial charge in [-0.25, -0.2) is 9.78 Å². The van der Waals surface area contributed by atoms with Gasteiger partial charge >= 0.3 is 5.97 Å². The van der Waals surface area contributed by atoms with Gasteiger partial charge in [0.25, 0.3) is 0 Å². The number of carbonyl (C=O) groups is 1. The van der Waals surface area contributed by atoms with Crippen molar-refractivity contribution >= 4 is 23.1 Å². The maximum Gasteiger partial charge on any atom is 0.346 e. The van der Waals surface area contributed by atoms with Gasteiger partial charge in [-0.15, -0.1) is 0 Å². The van der Waals surface area contributed by atoms with Gasteiger partial charge in [0.1, 0.15) is 11.6 Å². The van der Waals surface area contributed by atoms with Crippen molar-refractivity contribution in [3.05, 3.63) is 41.7 Å². The Kier molecular flexibility index (Phi) is 2.79. The third kappa shape index (κ3) is 2.26. The second-order valence-corrected chi connectivity index (χ2v) is 3.26. The van der Waals surface area contributed by atoms with E-state index in [2.05, 4.69) is 9.97 Å². The maximum atomic E-state index is 10.7. The van der Waals surface area contributed by atoms with Crippen LogP contribution in [0.4, 0.5) is 0 Å². The summed E-state index contributed by atoms with van der Waals surface area (Å²) < 4.78 is 0. The van der Waals surface area contributed by atoms with E-state index in [4.69, 9.17) is 10.4 Å². The van der Waals surface area contributed by atoms with Crippen LogP contribution in [-0.2, 0) is 4.79 Å². The lowest BCUT2D eigenvalue weighted by Crippen LogP contribution is -1.98. The molecule has 0 fully saturated rings. The molecule has 17 heavy (non-hydrogen) atoms. The first-order valence-electron chi connectivity index (χ1n) is 4.77. The molecule has 0 aliphatic heterocycles. The highest BCUT2D eigenvalue weighted by Crippen LogP contribution is 2.10. The SMILES string of the molecule is N#C/C(=C\c1cnc2ccccc2n1)C(=O)O. The van der Waals surface area contributed by atoms with E-state index in [1.807, 2.05) is 12.1 Å². The number of rotatable bonds is 2. The second kappa shape index (κ2) is 4.41. The Bertz CT molecular complexity index is 656. The molecule has 1 aromatic carbocycles. The Morgan fingerprint density at radius 1 is 1.35 bits per heavy atom. The van der Waals surface area contributed by atoms with Crippen LogP contribution in [-0.4, -0.2) is 21.0 Å². The zero-order valence-corrected chi connectivity index (χ0v) is 8.66. The standard InChI is InChI=1S/C12H7N3O2/c13-6-8(12(16)17)5-9-7-14-10-3-1-2-4-11(10)15-9/h1-5,7H,(H,16,17)/b8-5+. The summed E-state index contributed by atoms with van der Waals surface area (Å²) in [7, 11) is 0. The second-order valence-electron chi connectivity index (χ2n) is 3.26. The van der Waals surface area contributed by atoms with Crippen molar-refractivity contribution in [1.82, 2.24) is 9.97 Å². The van der Waals surface area contributed by atoms with Crippen LogP contribution in [0, 0.1) is 11.3 Å². The van der Waals surface area contributed by atoms with E-state index >= 15 is 0 Å². The van der Waals surface area contributed by atoms with Gasteiger partial charge in [-0.2, -0.15) is 5.26 Å². The highest BCUT2D eigenvalue weighted by Gasteiger charge is 2.06. The molecule has 1 aromatic heterocycles. The number of hydrogen-bond acceptors (Lipinski definition) is 4. The van der Waals surface area contributed by atoms with Gasteiger partial charge in [-0.1, -0.05) is 12.1 Å². The van der Waals surface area contributed by atoms with Crippen LogP contribution in [0.15, 0.2) is 36.0 Å². The first-order valence-corrected chi connectivity index (χ1v) is 4.77. The minimum Gasteiger partial charge on any atom is -0.477 e. The molecular formula is C12H7N3O2. The molecule has 0 aliphatic rings. The van der Waals surface area contributed by atoms with E-state index in [0.29, 0.717) is 11.2 Å². The van der Waals surface area contributed by atoms with Crippen LogP contribution in [0.25, 0.3) is 17.1 Å². The Balaban J connectivity index is 2.51. The smallest absolute Gasteiger partial charge is 0.346 e. The minimum atomic E-state index is -1.28. The molecule has 5 nitrogen and oxygen atoms in total. The summed E-state index contributed by atoms with van der Waals surface area (Å²) in [4.78, 5) is 19.0. The van der Waals surface area contributed by atoms with Crippen molar-refractivity contribution in [3.63, 3.8) is 0 Å². The molecule has 5 heteroatoms. The van der Waals surface area contributed by atoms with Crippen LogP contribution in [0.2, 0.25) is 0 Å². The molecule has 2 rings (SSSR count). The maximum absolute atomic E-state index is 10.7. The molecule has 2 aromatic rings. The van der Waals surface area contributed by atoms with E-state index in [0.717, 1.165) is 5.52 Å². The fourth-order valence-corrected chi connectivity index (χ4v) is 1.33. The topological polar surface area (TPSA) is 86.9 Å². The number of aliphatic carboxylic acids is 1. The number of para-hydroxylation sites is 2. The van der Waals surface area contributed by atoms with Crippen molar-refractivity contribution in [2.45, 2.75) is 0 Å². The minimum absolute atomic E-state index is 0.350. The first-order chi connectivity index (χ1) is 8.20. The highest BCUT2D eigenvalue weighted by atomic mass is 16.4. The molecule has 0 saturated heterocycles. The highest BCUT2D eigenvalue weighted by molar-refractivity contribution is 5.96. The molecule has 0 amide bonds. The van der Waals surface area contributed by atoms with Gasteiger partial charge in [0, 0.05) is 0 Å². The Morgan fingerprint density at radius 3 is 2.71 bits per heavy atom. The van der Waals surface area contributed by atoms with Crippen molar-refractivity contribution in [1.29, 1.82) is 5.26 Å². The average Bonchev–Trinajstić information content (AvgIpc) is 2.35. The van der Waals surface area contributed by atoms with Crippen LogP contribution in [0.5, 0.6) is 0 Å². The number of nitrogens with zero attached hydrogens (tertiary/aromatic N) is 3. The summed E-state index contributed by atoms with van der Waals surface area (Å²) in [5, 5.41) is 17.3. The molecule has 0 saturated carbocycles. The van der Waals surface area contributed by atoms with Crippen LogP contribution < -0.4 is 0 Å². The fourth-order valence-electron chi connectivity index (χ4n) is 1.33. The molecule has 0 radical (unpaired) electrons. The Hall–Kier alpha value is -2.74. The van der Waals surface area contributed by atoms with Crippen molar-refractivity contribution < 1.29 is 9.90 Å². The Labute approximate surface area is 96.7 Å². The quantitative estimate of drug-likeness (QED) is 0.619. The molecule has 82 valence electrons. The van der Waals surface area contributed by atoms with Crippen molar-refractivity contribution in [2.24, 2.45) is 0 Å². The number of nitriles is 1. The summed E-state index contributed by atoms with van der Waals surface area (Å²) in [6.45, 7) is 0. The number of carboxylic acid groups (broad SMARTS) is 1. The number of carboxylic acids is 1. The molecule has 0 bridgehead atoms. The molecule has 0 atom stereocenters. The summed E-state index contributed by atoms with van der Waals surface area (Å²) in [6.07, 6.45) is 2.63. The van der Waals surface area contributed by atoms with E-state index in [1.165, 1.54) is 12.3 Å². The third-order valence-electron chi connectivity index (χ3n) is 2.11. The summed E-state index contributed by atoms with van der Waals surface area (Å²) >= 11 is 0. The molecule has 1 N–H and O–H groups in total. The van der Waals surface area contributed by atoms with Crippen molar-refractivity contribution in [2.75, 3.05) is 0 Å². The van der Waals surface area contributed by atoms with Gasteiger partial charge in [-0.3, -0.25) is 4.98 Å². The number of fused-ring (bicyclic) bond motifs is 1. The van der Waals surface area contributed by atoms with Crippen molar-refractivity contribution in [3.8, 4) is 6.07 Å². The number of benzene rings is 1. The van der Waals surface area contributed by atoms with E-state index < -0.39 is 5.97 Å². The molecule has 1 heterocycles. The monoisotopic (exact) mass is 225 g/mol. The van der Waals surface area contributed by atoms with Gasteiger partial charge in [0.2, 0.25) is 0 Å².